The molecule has 0 aliphatic carbocycles. The summed E-state index contributed by atoms with van der Waals surface area (Å²) >= 11 is 1.07. The Hall–Kier alpha value is -3.12. The first-order valence-corrected chi connectivity index (χ1v) is 8.82. The lowest BCUT2D eigenvalue weighted by Crippen LogP contribution is -2.15. The van der Waals surface area contributed by atoms with Gasteiger partial charge in [0.05, 0.1) is 5.69 Å². The van der Waals surface area contributed by atoms with Crippen LogP contribution in [0.1, 0.15) is 20.8 Å². The quantitative estimate of drug-likeness (QED) is 0.652. The van der Waals surface area contributed by atoms with E-state index >= 15 is 0 Å². The normalized spacial score (nSPS) is 10.3. The summed E-state index contributed by atoms with van der Waals surface area (Å²) in [5.41, 5.74) is 3.69. The second-order valence-corrected chi connectivity index (χ2v) is 6.59. The van der Waals surface area contributed by atoms with Gasteiger partial charge in [-0.05, 0) is 18.1 Å². The van der Waals surface area contributed by atoms with Crippen LogP contribution in [0.4, 0.5) is 10.5 Å². The summed E-state index contributed by atoms with van der Waals surface area (Å²) in [5.74, 6) is -1.09. The summed E-state index contributed by atoms with van der Waals surface area (Å²) in [4.78, 5) is 23.7. The number of nitrogens with one attached hydrogen (secondary N) is 1. The molecule has 2 aromatic carbocycles. The average molecular weight is 367 g/mol. The molecule has 1 aromatic heterocycles. The Balaban J connectivity index is 1.81. The van der Waals surface area contributed by atoms with Gasteiger partial charge < -0.3 is 9.84 Å². The molecule has 1 heterocycles. The molecule has 0 atom stereocenters. The Kier molecular flexibility index (Phi) is 5.34. The van der Waals surface area contributed by atoms with Crippen molar-refractivity contribution in [3.8, 4) is 11.1 Å². The van der Waals surface area contributed by atoms with Crippen molar-refractivity contribution >= 4 is 29.1 Å². The SMILES string of the molecule is Cc1ccc(-c2csc(C(=O)O)c2NC(=O)OCc2ccccc2)cc1. The van der Waals surface area contributed by atoms with Crippen LogP contribution in [0.5, 0.6) is 0 Å². The second kappa shape index (κ2) is 7.84. The zero-order chi connectivity index (χ0) is 18.5. The van der Waals surface area contributed by atoms with Gasteiger partial charge >= 0.3 is 12.1 Å². The van der Waals surface area contributed by atoms with Gasteiger partial charge in [-0.3, -0.25) is 5.32 Å². The molecule has 5 nitrogen and oxygen atoms in total. The van der Waals surface area contributed by atoms with Crippen molar-refractivity contribution in [2.75, 3.05) is 5.32 Å². The minimum absolute atomic E-state index is 0.0669. The molecule has 0 fully saturated rings. The fourth-order valence-corrected chi connectivity index (χ4v) is 3.32. The van der Waals surface area contributed by atoms with Gasteiger partial charge in [-0.1, -0.05) is 60.2 Å². The maximum absolute atomic E-state index is 12.2. The highest BCUT2D eigenvalue weighted by molar-refractivity contribution is 7.13. The number of aromatic carboxylic acids is 1. The van der Waals surface area contributed by atoms with Gasteiger partial charge in [0.15, 0.2) is 0 Å². The van der Waals surface area contributed by atoms with E-state index in [-0.39, 0.29) is 17.2 Å². The molecular formula is C20H17NO4S. The van der Waals surface area contributed by atoms with E-state index in [1.165, 1.54) is 0 Å². The van der Waals surface area contributed by atoms with Crippen molar-refractivity contribution in [3.63, 3.8) is 0 Å². The Morgan fingerprint density at radius 1 is 1.08 bits per heavy atom. The van der Waals surface area contributed by atoms with Crippen LogP contribution < -0.4 is 5.32 Å². The Bertz CT molecular complexity index is 917. The van der Waals surface area contributed by atoms with Crippen molar-refractivity contribution in [2.24, 2.45) is 0 Å². The van der Waals surface area contributed by atoms with E-state index in [0.29, 0.717) is 5.56 Å². The summed E-state index contributed by atoms with van der Waals surface area (Å²) in [6.07, 6.45) is -0.692. The van der Waals surface area contributed by atoms with Crippen molar-refractivity contribution in [3.05, 3.63) is 76.0 Å². The first-order valence-electron chi connectivity index (χ1n) is 7.94. The highest BCUT2D eigenvalue weighted by Crippen LogP contribution is 2.36. The van der Waals surface area contributed by atoms with Crippen molar-refractivity contribution < 1.29 is 19.4 Å². The first-order chi connectivity index (χ1) is 12.5. The number of thiophene rings is 1. The molecule has 132 valence electrons. The van der Waals surface area contributed by atoms with Crippen LogP contribution in [-0.4, -0.2) is 17.2 Å². The molecule has 0 unspecified atom stereocenters. The molecule has 3 aromatic rings. The van der Waals surface area contributed by atoms with Gasteiger partial charge in [-0.15, -0.1) is 11.3 Å². The summed E-state index contributed by atoms with van der Waals surface area (Å²) in [7, 11) is 0. The van der Waals surface area contributed by atoms with Gasteiger partial charge in [-0.2, -0.15) is 0 Å². The van der Waals surface area contributed by atoms with Gasteiger partial charge in [0.25, 0.3) is 0 Å². The number of rotatable bonds is 5. The van der Waals surface area contributed by atoms with E-state index in [1.807, 2.05) is 61.5 Å². The predicted octanol–water partition coefficient (Wildman–Crippen LogP) is 5.17. The largest absolute Gasteiger partial charge is 0.477 e. The number of aryl methyl sites for hydroxylation is 1. The van der Waals surface area contributed by atoms with E-state index in [4.69, 9.17) is 4.74 Å². The Labute approximate surface area is 154 Å². The molecule has 3 rings (SSSR count). The molecule has 0 bridgehead atoms. The van der Waals surface area contributed by atoms with E-state index in [9.17, 15) is 14.7 Å². The summed E-state index contributed by atoms with van der Waals surface area (Å²) in [5, 5.41) is 13.7. The number of carboxylic acids is 1. The highest BCUT2D eigenvalue weighted by atomic mass is 32.1. The highest BCUT2D eigenvalue weighted by Gasteiger charge is 2.21. The summed E-state index contributed by atoms with van der Waals surface area (Å²) in [6.45, 7) is 2.08. The fraction of sp³-hybridized carbons (Fsp3) is 0.100. The van der Waals surface area contributed by atoms with Crippen LogP contribution in [0.15, 0.2) is 60.0 Å². The minimum Gasteiger partial charge on any atom is -0.477 e. The molecule has 2 N–H and O–H groups in total. The number of benzene rings is 2. The van der Waals surface area contributed by atoms with Crippen LogP contribution in [0.3, 0.4) is 0 Å². The van der Waals surface area contributed by atoms with E-state index < -0.39 is 12.1 Å². The standard InChI is InChI=1S/C20H17NO4S/c1-13-7-9-15(10-8-13)16-12-26-18(19(22)23)17(16)21-20(24)25-11-14-5-3-2-4-6-14/h2-10,12H,11H2,1H3,(H,21,24)(H,22,23). The molecule has 0 saturated carbocycles. The maximum atomic E-state index is 12.2. The topological polar surface area (TPSA) is 75.6 Å². The predicted molar refractivity (Wildman–Crippen MR) is 102 cm³/mol. The zero-order valence-electron chi connectivity index (χ0n) is 14.1. The molecule has 6 heteroatoms. The number of ether oxygens (including phenoxy) is 1. The zero-order valence-corrected chi connectivity index (χ0v) is 14.9. The molecule has 0 aliphatic heterocycles. The Morgan fingerprint density at radius 2 is 1.77 bits per heavy atom. The van der Waals surface area contributed by atoms with Gasteiger partial charge in [0, 0.05) is 10.9 Å². The van der Waals surface area contributed by atoms with Gasteiger partial charge in [0.2, 0.25) is 0 Å². The number of carboxylic acid groups (broad SMARTS) is 1. The molecule has 1 amide bonds. The van der Waals surface area contributed by atoms with E-state index in [1.54, 1.807) is 5.38 Å². The minimum atomic E-state index is -1.09. The third-order valence-corrected chi connectivity index (χ3v) is 4.76. The van der Waals surface area contributed by atoms with Gasteiger partial charge in [-0.25, -0.2) is 9.59 Å². The molecule has 0 saturated heterocycles. The van der Waals surface area contributed by atoms with Crippen molar-refractivity contribution in [1.82, 2.24) is 0 Å². The number of hydrogen-bond donors (Lipinski definition) is 2. The first kappa shape index (κ1) is 17.7. The maximum Gasteiger partial charge on any atom is 0.412 e. The average Bonchev–Trinajstić information content (AvgIpc) is 3.05. The van der Waals surface area contributed by atoms with Crippen molar-refractivity contribution in [1.29, 1.82) is 0 Å². The molecule has 26 heavy (non-hydrogen) atoms. The lowest BCUT2D eigenvalue weighted by Gasteiger charge is -2.10. The lowest BCUT2D eigenvalue weighted by molar-refractivity contribution is 0.0703. The van der Waals surface area contributed by atoms with Gasteiger partial charge in [0.1, 0.15) is 11.5 Å². The third-order valence-electron chi connectivity index (χ3n) is 3.79. The van der Waals surface area contributed by atoms with Crippen LogP contribution in [0.2, 0.25) is 0 Å². The van der Waals surface area contributed by atoms with Crippen molar-refractivity contribution in [2.45, 2.75) is 13.5 Å². The van der Waals surface area contributed by atoms with E-state index in [0.717, 1.165) is 28.0 Å². The number of anilines is 1. The van der Waals surface area contributed by atoms with Crippen LogP contribution in [0.25, 0.3) is 11.1 Å². The molecule has 0 spiro atoms. The number of carbonyl (C=O) groups excluding carboxylic acids is 1. The lowest BCUT2D eigenvalue weighted by atomic mass is 10.1. The monoisotopic (exact) mass is 367 g/mol. The van der Waals surface area contributed by atoms with Crippen LogP contribution >= 0.6 is 11.3 Å². The van der Waals surface area contributed by atoms with Crippen LogP contribution in [-0.2, 0) is 11.3 Å². The number of amides is 1. The number of carbonyl (C=O) groups is 2. The third kappa shape index (κ3) is 4.10. The smallest absolute Gasteiger partial charge is 0.412 e. The second-order valence-electron chi connectivity index (χ2n) is 5.71. The van der Waals surface area contributed by atoms with E-state index in [2.05, 4.69) is 5.32 Å². The molecular weight excluding hydrogens is 350 g/mol. The molecule has 0 radical (unpaired) electrons. The Morgan fingerprint density at radius 3 is 2.42 bits per heavy atom. The van der Waals surface area contributed by atoms with Crippen LogP contribution in [0, 0.1) is 6.92 Å². The number of hydrogen-bond acceptors (Lipinski definition) is 4. The summed E-state index contributed by atoms with van der Waals surface area (Å²) in [6, 6.07) is 16.9. The summed E-state index contributed by atoms with van der Waals surface area (Å²) < 4.78 is 5.21. The molecule has 0 aliphatic rings. The fourth-order valence-electron chi connectivity index (χ4n) is 2.45.